The van der Waals surface area contributed by atoms with Gasteiger partial charge < -0.3 is 5.11 Å². The van der Waals surface area contributed by atoms with Gasteiger partial charge in [0.15, 0.2) is 0 Å². The van der Waals surface area contributed by atoms with Crippen LogP contribution in [0.15, 0.2) is 5.51 Å². The zero-order valence-electron chi connectivity index (χ0n) is 8.00. The van der Waals surface area contributed by atoms with E-state index in [-0.39, 0.29) is 0 Å². The molecule has 4 heteroatoms. The van der Waals surface area contributed by atoms with Gasteiger partial charge in [-0.15, -0.1) is 11.3 Å². The molecule has 0 aliphatic heterocycles. The van der Waals surface area contributed by atoms with Crippen molar-refractivity contribution >= 4 is 17.3 Å². The van der Waals surface area contributed by atoms with Crippen molar-refractivity contribution in [1.29, 1.82) is 0 Å². The summed E-state index contributed by atoms with van der Waals surface area (Å²) in [7, 11) is 0. The van der Waals surface area contributed by atoms with Crippen molar-refractivity contribution in [3.8, 4) is 0 Å². The number of aliphatic carboxylic acids is 1. The third kappa shape index (κ3) is 2.28. The Balaban J connectivity index is 2.80. The molecule has 0 fully saturated rings. The van der Waals surface area contributed by atoms with E-state index in [1.807, 2.05) is 6.92 Å². The first-order valence-corrected chi connectivity index (χ1v) is 4.94. The van der Waals surface area contributed by atoms with E-state index in [4.69, 9.17) is 5.11 Å². The Kier molecular flexibility index (Phi) is 2.71. The number of hydrogen-bond donors (Lipinski definition) is 1. The van der Waals surface area contributed by atoms with Gasteiger partial charge in [0, 0.05) is 4.88 Å². The summed E-state index contributed by atoms with van der Waals surface area (Å²) < 4.78 is 0. The first kappa shape index (κ1) is 10.2. The SMILES string of the molecule is Cc1ncsc1CC(C)(C)C(=O)O. The molecule has 72 valence electrons. The topological polar surface area (TPSA) is 50.2 Å². The molecule has 0 saturated heterocycles. The fraction of sp³-hybridized carbons (Fsp3) is 0.556. The van der Waals surface area contributed by atoms with Gasteiger partial charge >= 0.3 is 5.97 Å². The predicted molar refractivity (Wildman–Crippen MR) is 52.0 cm³/mol. The van der Waals surface area contributed by atoms with Crippen LogP contribution < -0.4 is 0 Å². The van der Waals surface area contributed by atoms with Crippen LogP contribution in [0, 0.1) is 12.3 Å². The van der Waals surface area contributed by atoms with E-state index in [1.54, 1.807) is 19.4 Å². The third-order valence-corrected chi connectivity index (χ3v) is 2.96. The summed E-state index contributed by atoms with van der Waals surface area (Å²) in [5, 5.41) is 8.92. The number of aromatic nitrogens is 1. The zero-order valence-corrected chi connectivity index (χ0v) is 8.81. The van der Waals surface area contributed by atoms with E-state index in [0.29, 0.717) is 6.42 Å². The number of carboxylic acid groups (broad SMARTS) is 1. The molecule has 0 amide bonds. The Hall–Kier alpha value is -0.900. The van der Waals surface area contributed by atoms with Crippen molar-refractivity contribution in [2.45, 2.75) is 27.2 Å². The van der Waals surface area contributed by atoms with Gasteiger partial charge in [-0.25, -0.2) is 4.98 Å². The summed E-state index contributed by atoms with van der Waals surface area (Å²) in [4.78, 5) is 16.0. The molecule has 0 bridgehead atoms. The number of aryl methyl sites for hydroxylation is 1. The highest BCUT2D eigenvalue weighted by Crippen LogP contribution is 2.25. The van der Waals surface area contributed by atoms with Crippen molar-refractivity contribution in [3.63, 3.8) is 0 Å². The molecule has 1 aromatic heterocycles. The fourth-order valence-corrected chi connectivity index (χ4v) is 1.98. The van der Waals surface area contributed by atoms with Crippen LogP contribution in [0.3, 0.4) is 0 Å². The van der Waals surface area contributed by atoms with Crippen LogP contribution in [0.4, 0.5) is 0 Å². The summed E-state index contributed by atoms with van der Waals surface area (Å²) >= 11 is 1.52. The molecule has 1 N–H and O–H groups in total. The largest absolute Gasteiger partial charge is 0.481 e. The highest BCUT2D eigenvalue weighted by atomic mass is 32.1. The van der Waals surface area contributed by atoms with Crippen LogP contribution >= 0.6 is 11.3 Å². The smallest absolute Gasteiger partial charge is 0.309 e. The molecular formula is C9H13NO2S. The van der Waals surface area contributed by atoms with Crippen LogP contribution in [0.2, 0.25) is 0 Å². The van der Waals surface area contributed by atoms with Gasteiger partial charge in [0.2, 0.25) is 0 Å². The van der Waals surface area contributed by atoms with Gasteiger partial charge in [0.1, 0.15) is 0 Å². The van der Waals surface area contributed by atoms with Crippen LogP contribution in [0.25, 0.3) is 0 Å². The summed E-state index contributed by atoms with van der Waals surface area (Å²) in [6.45, 7) is 5.37. The maximum atomic E-state index is 10.8. The number of hydrogen-bond acceptors (Lipinski definition) is 3. The molecule has 1 heterocycles. The predicted octanol–water partition coefficient (Wildman–Crippen LogP) is 2.10. The van der Waals surface area contributed by atoms with Gasteiger partial charge in [-0.3, -0.25) is 4.79 Å². The fourth-order valence-electron chi connectivity index (χ4n) is 0.973. The molecule has 0 spiro atoms. The zero-order chi connectivity index (χ0) is 10.1. The number of thiazole rings is 1. The van der Waals surface area contributed by atoms with Crippen molar-refractivity contribution in [3.05, 3.63) is 16.1 Å². The Bertz CT molecular complexity index is 317. The van der Waals surface area contributed by atoms with E-state index in [1.165, 1.54) is 11.3 Å². The average molecular weight is 199 g/mol. The van der Waals surface area contributed by atoms with E-state index < -0.39 is 11.4 Å². The summed E-state index contributed by atoms with van der Waals surface area (Å²) in [6, 6.07) is 0. The maximum absolute atomic E-state index is 10.8. The average Bonchev–Trinajstić information content (AvgIpc) is 2.35. The lowest BCUT2D eigenvalue weighted by atomic mass is 9.88. The lowest BCUT2D eigenvalue weighted by Crippen LogP contribution is -2.26. The normalized spacial score (nSPS) is 11.6. The Morgan fingerprint density at radius 3 is 2.69 bits per heavy atom. The molecule has 0 aromatic carbocycles. The molecule has 0 unspecified atom stereocenters. The third-order valence-electron chi connectivity index (χ3n) is 2.03. The van der Waals surface area contributed by atoms with Gasteiger partial charge in [0.25, 0.3) is 0 Å². The highest BCUT2D eigenvalue weighted by molar-refractivity contribution is 7.09. The maximum Gasteiger partial charge on any atom is 0.309 e. The first-order valence-electron chi connectivity index (χ1n) is 4.06. The highest BCUT2D eigenvalue weighted by Gasteiger charge is 2.28. The molecule has 1 rings (SSSR count). The van der Waals surface area contributed by atoms with Crippen molar-refractivity contribution in [2.24, 2.45) is 5.41 Å². The molecule has 0 atom stereocenters. The minimum absolute atomic E-state index is 0.554. The monoisotopic (exact) mass is 199 g/mol. The van der Waals surface area contributed by atoms with Gasteiger partial charge in [-0.05, 0) is 27.2 Å². The lowest BCUT2D eigenvalue weighted by molar-refractivity contribution is -0.146. The second-order valence-electron chi connectivity index (χ2n) is 3.73. The molecular weight excluding hydrogens is 186 g/mol. The van der Waals surface area contributed by atoms with Crippen molar-refractivity contribution in [2.75, 3.05) is 0 Å². The Labute approximate surface area is 81.4 Å². The first-order chi connectivity index (χ1) is 5.93. The standard InChI is InChI=1S/C9H13NO2S/c1-6-7(13-5-10-6)4-9(2,3)8(11)12/h5H,4H2,1-3H3,(H,11,12). The van der Waals surface area contributed by atoms with E-state index in [0.717, 1.165) is 10.6 Å². The summed E-state index contributed by atoms with van der Waals surface area (Å²) in [6.07, 6.45) is 0.554. The lowest BCUT2D eigenvalue weighted by Gasteiger charge is -2.17. The van der Waals surface area contributed by atoms with Crippen LogP contribution in [-0.2, 0) is 11.2 Å². The van der Waals surface area contributed by atoms with Crippen LogP contribution in [0.5, 0.6) is 0 Å². The number of carboxylic acids is 1. The number of nitrogens with zero attached hydrogens (tertiary/aromatic N) is 1. The molecule has 1 aromatic rings. The number of rotatable bonds is 3. The summed E-state index contributed by atoms with van der Waals surface area (Å²) in [5.41, 5.74) is 2.00. The van der Waals surface area contributed by atoms with E-state index >= 15 is 0 Å². The second-order valence-corrected chi connectivity index (χ2v) is 4.67. The van der Waals surface area contributed by atoms with Crippen molar-refractivity contribution < 1.29 is 9.90 Å². The second kappa shape index (κ2) is 3.46. The van der Waals surface area contributed by atoms with E-state index in [9.17, 15) is 4.79 Å². The molecule has 3 nitrogen and oxygen atoms in total. The molecule has 0 aliphatic rings. The minimum Gasteiger partial charge on any atom is -0.481 e. The Morgan fingerprint density at radius 1 is 1.69 bits per heavy atom. The molecule has 0 radical (unpaired) electrons. The molecule has 0 aliphatic carbocycles. The van der Waals surface area contributed by atoms with Gasteiger partial charge in [-0.1, -0.05) is 0 Å². The quantitative estimate of drug-likeness (QED) is 0.811. The van der Waals surface area contributed by atoms with E-state index in [2.05, 4.69) is 4.98 Å². The molecule has 13 heavy (non-hydrogen) atoms. The van der Waals surface area contributed by atoms with Gasteiger partial charge in [0.05, 0.1) is 16.6 Å². The Morgan fingerprint density at radius 2 is 2.31 bits per heavy atom. The minimum atomic E-state index is -0.764. The summed E-state index contributed by atoms with van der Waals surface area (Å²) in [5.74, 6) is -0.764. The number of carbonyl (C=O) groups is 1. The molecule has 0 saturated carbocycles. The van der Waals surface area contributed by atoms with Crippen LogP contribution in [-0.4, -0.2) is 16.1 Å². The van der Waals surface area contributed by atoms with Crippen molar-refractivity contribution in [1.82, 2.24) is 4.98 Å². The van der Waals surface area contributed by atoms with Gasteiger partial charge in [-0.2, -0.15) is 0 Å². The van der Waals surface area contributed by atoms with Crippen LogP contribution in [0.1, 0.15) is 24.4 Å².